The molecule has 126 valence electrons. The number of rotatable bonds is 3. The highest BCUT2D eigenvalue weighted by molar-refractivity contribution is 6.27. The number of nitrogens with one attached hydrogen (secondary N) is 1. The summed E-state index contributed by atoms with van der Waals surface area (Å²) in [5, 5.41) is 0. The SMILES string of the molecule is COC(=O)C1(C(=O)OC)NO[C@H]2C(=O)N(c3ccccc3)C(=O)[C@H]21. The molecule has 2 saturated heterocycles. The van der Waals surface area contributed by atoms with E-state index < -0.39 is 41.3 Å². The van der Waals surface area contributed by atoms with Crippen LogP contribution in [0.1, 0.15) is 0 Å². The standard InChI is InChI=1S/C15H14N2O7/c1-22-13(20)15(14(21)23-2)9-10(24-16-15)12(19)17(11(9)18)8-6-4-3-5-7-8/h3-7,9-10,16H,1-2H3/t9-,10+/m0/s1. The molecule has 1 N–H and O–H groups in total. The first-order valence-electron chi connectivity index (χ1n) is 7.01. The fourth-order valence-corrected chi connectivity index (χ4v) is 2.97. The van der Waals surface area contributed by atoms with E-state index in [1.165, 1.54) is 0 Å². The molecule has 0 aromatic heterocycles. The molecular weight excluding hydrogens is 320 g/mol. The number of anilines is 1. The molecular formula is C15H14N2O7. The average molecular weight is 334 g/mol. The van der Waals surface area contributed by atoms with Gasteiger partial charge in [0.2, 0.25) is 5.91 Å². The lowest BCUT2D eigenvalue weighted by Gasteiger charge is -2.26. The van der Waals surface area contributed by atoms with Crippen molar-refractivity contribution in [3.63, 3.8) is 0 Å². The first kappa shape index (κ1) is 16.1. The van der Waals surface area contributed by atoms with E-state index in [4.69, 9.17) is 4.84 Å². The molecule has 0 bridgehead atoms. The zero-order valence-electron chi connectivity index (χ0n) is 12.8. The molecule has 2 aliphatic rings. The lowest BCUT2D eigenvalue weighted by molar-refractivity contribution is -0.169. The number of hydrogen-bond acceptors (Lipinski definition) is 8. The van der Waals surface area contributed by atoms with Gasteiger partial charge in [-0.25, -0.2) is 14.5 Å². The van der Waals surface area contributed by atoms with Gasteiger partial charge in [0.1, 0.15) is 5.92 Å². The summed E-state index contributed by atoms with van der Waals surface area (Å²) in [6.07, 6.45) is -1.34. The normalized spacial score (nSPS) is 24.7. The van der Waals surface area contributed by atoms with Crippen LogP contribution in [0.2, 0.25) is 0 Å². The maximum absolute atomic E-state index is 12.8. The van der Waals surface area contributed by atoms with Gasteiger partial charge in [-0.3, -0.25) is 14.4 Å². The van der Waals surface area contributed by atoms with Gasteiger partial charge in [0.25, 0.3) is 11.4 Å². The Morgan fingerprint density at radius 3 is 2.21 bits per heavy atom. The van der Waals surface area contributed by atoms with E-state index in [-0.39, 0.29) is 0 Å². The fourth-order valence-electron chi connectivity index (χ4n) is 2.97. The number of amides is 2. The predicted octanol–water partition coefficient (Wildman–Crippen LogP) is -0.836. The summed E-state index contributed by atoms with van der Waals surface area (Å²) in [5.74, 6) is -5.00. The molecule has 24 heavy (non-hydrogen) atoms. The predicted molar refractivity (Wildman–Crippen MR) is 77.2 cm³/mol. The highest BCUT2D eigenvalue weighted by Crippen LogP contribution is 2.40. The molecule has 9 nitrogen and oxygen atoms in total. The minimum Gasteiger partial charge on any atom is -0.467 e. The van der Waals surface area contributed by atoms with E-state index in [9.17, 15) is 19.2 Å². The van der Waals surface area contributed by atoms with Gasteiger partial charge in [0, 0.05) is 0 Å². The van der Waals surface area contributed by atoms with Crippen molar-refractivity contribution in [3.05, 3.63) is 30.3 Å². The average Bonchev–Trinajstić information content (AvgIpc) is 3.12. The Morgan fingerprint density at radius 2 is 1.67 bits per heavy atom. The van der Waals surface area contributed by atoms with Crippen molar-refractivity contribution in [1.82, 2.24) is 5.48 Å². The molecule has 0 aliphatic carbocycles. The molecule has 0 radical (unpaired) electrons. The number of fused-ring (bicyclic) bond motifs is 1. The number of hydrogen-bond donors (Lipinski definition) is 1. The summed E-state index contributed by atoms with van der Waals surface area (Å²) < 4.78 is 9.26. The van der Waals surface area contributed by atoms with Crippen LogP contribution in [0.4, 0.5) is 5.69 Å². The van der Waals surface area contributed by atoms with Crippen LogP contribution in [0.25, 0.3) is 0 Å². The summed E-state index contributed by atoms with van der Waals surface area (Å²) in [7, 11) is 2.11. The number of benzene rings is 1. The van der Waals surface area contributed by atoms with Crippen molar-refractivity contribution in [2.75, 3.05) is 19.1 Å². The molecule has 1 aromatic carbocycles. The van der Waals surface area contributed by atoms with Gasteiger partial charge in [-0.15, -0.1) is 0 Å². The van der Waals surface area contributed by atoms with Crippen LogP contribution < -0.4 is 10.4 Å². The van der Waals surface area contributed by atoms with Gasteiger partial charge in [-0.2, -0.15) is 5.48 Å². The Labute approximate surface area is 136 Å². The van der Waals surface area contributed by atoms with E-state index in [1.807, 2.05) is 0 Å². The van der Waals surface area contributed by atoms with Crippen LogP contribution in [0.3, 0.4) is 0 Å². The van der Waals surface area contributed by atoms with Gasteiger partial charge in [-0.05, 0) is 12.1 Å². The van der Waals surface area contributed by atoms with Gasteiger partial charge in [0.05, 0.1) is 19.9 Å². The molecule has 2 atom stereocenters. The first-order chi connectivity index (χ1) is 11.5. The summed E-state index contributed by atoms with van der Waals surface area (Å²) in [6, 6.07) is 8.14. The van der Waals surface area contributed by atoms with E-state index in [1.54, 1.807) is 30.3 Å². The summed E-state index contributed by atoms with van der Waals surface area (Å²) in [5.41, 5.74) is 0.271. The third-order valence-corrected chi connectivity index (χ3v) is 4.10. The smallest absolute Gasteiger partial charge is 0.341 e. The van der Waals surface area contributed by atoms with E-state index in [0.29, 0.717) is 5.69 Å². The quantitative estimate of drug-likeness (QED) is 0.433. The molecule has 2 heterocycles. The topological polar surface area (TPSA) is 111 Å². The summed E-state index contributed by atoms with van der Waals surface area (Å²) in [6.45, 7) is 0. The zero-order valence-corrected chi connectivity index (χ0v) is 12.8. The number of carbonyl (C=O) groups is 4. The van der Waals surface area contributed by atoms with Gasteiger partial charge >= 0.3 is 11.9 Å². The maximum Gasteiger partial charge on any atom is 0.341 e. The number of esters is 2. The number of imide groups is 1. The molecule has 3 rings (SSSR count). The molecule has 2 fully saturated rings. The van der Waals surface area contributed by atoms with Crippen molar-refractivity contribution in [3.8, 4) is 0 Å². The highest BCUT2D eigenvalue weighted by atomic mass is 16.7. The van der Waals surface area contributed by atoms with Crippen LogP contribution >= 0.6 is 0 Å². The third-order valence-electron chi connectivity index (χ3n) is 4.10. The van der Waals surface area contributed by atoms with E-state index >= 15 is 0 Å². The Hall–Kier alpha value is -2.78. The Bertz CT molecular complexity index is 702. The second-order valence-corrected chi connectivity index (χ2v) is 5.26. The van der Waals surface area contributed by atoms with Crippen LogP contribution in [0.15, 0.2) is 30.3 Å². The van der Waals surface area contributed by atoms with Crippen molar-refractivity contribution >= 4 is 29.4 Å². The second kappa shape index (κ2) is 5.69. The monoisotopic (exact) mass is 334 g/mol. The highest BCUT2D eigenvalue weighted by Gasteiger charge is 2.71. The van der Waals surface area contributed by atoms with Gasteiger partial charge in [-0.1, -0.05) is 18.2 Å². The van der Waals surface area contributed by atoms with Gasteiger partial charge in [0.15, 0.2) is 6.10 Å². The lowest BCUT2D eigenvalue weighted by Crippen LogP contribution is -2.61. The molecule has 1 aromatic rings. The number of hydroxylamine groups is 1. The second-order valence-electron chi connectivity index (χ2n) is 5.26. The molecule has 0 spiro atoms. The summed E-state index contributed by atoms with van der Waals surface area (Å²) in [4.78, 5) is 55.8. The zero-order chi connectivity index (χ0) is 17.5. The minimum atomic E-state index is -2.23. The van der Waals surface area contributed by atoms with Crippen molar-refractivity contribution < 1.29 is 33.5 Å². The first-order valence-corrected chi connectivity index (χ1v) is 7.01. The van der Waals surface area contributed by atoms with Crippen LogP contribution in [0, 0.1) is 5.92 Å². The number of para-hydroxylation sites is 1. The molecule has 0 unspecified atom stereocenters. The lowest BCUT2D eigenvalue weighted by atomic mass is 9.82. The van der Waals surface area contributed by atoms with E-state index in [2.05, 4.69) is 15.0 Å². The Morgan fingerprint density at radius 1 is 1.08 bits per heavy atom. The molecule has 0 saturated carbocycles. The fraction of sp³-hybridized carbons (Fsp3) is 0.333. The van der Waals surface area contributed by atoms with Crippen molar-refractivity contribution in [2.45, 2.75) is 11.6 Å². The van der Waals surface area contributed by atoms with Gasteiger partial charge < -0.3 is 9.47 Å². The molecule has 2 aliphatic heterocycles. The third kappa shape index (κ3) is 1.95. The minimum absolute atomic E-state index is 0.314. The van der Waals surface area contributed by atoms with E-state index in [0.717, 1.165) is 19.1 Å². The number of ether oxygens (including phenoxy) is 2. The van der Waals surface area contributed by atoms with Crippen LogP contribution in [-0.4, -0.2) is 49.6 Å². The van der Waals surface area contributed by atoms with Crippen molar-refractivity contribution in [1.29, 1.82) is 0 Å². The number of carbonyl (C=O) groups excluding carboxylic acids is 4. The summed E-state index contributed by atoms with van der Waals surface area (Å²) >= 11 is 0. The molecule has 2 amide bonds. The Kier molecular flexibility index (Phi) is 3.82. The molecule has 9 heteroatoms. The number of methoxy groups -OCH3 is 2. The number of nitrogens with zero attached hydrogens (tertiary/aromatic N) is 1. The Balaban J connectivity index is 2.08. The maximum atomic E-state index is 12.8. The van der Waals surface area contributed by atoms with Crippen LogP contribution in [0.5, 0.6) is 0 Å². The largest absolute Gasteiger partial charge is 0.467 e. The van der Waals surface area contributed by atoms with Crippen molar-refractivity contribution in [2.24, 2.45) is 5.92 Å². The van der Waals surface area contributed by atoms with Crippen LogP contribution in [-0.2, 0) is 33.5 Å².